The molecule has 2 fully saturated rings. The lowest BCUT2D eigenvalue weighted by molar-refractivity contribution is 0.0276. The minimum Gasteiger partial charge on any atom is -0.378 e. The van der Waals surface area contributed by atoms with Crippen molar-refractivity contribution in [2.75, 3.05) is 45.1 Å². The number of hydrogen-bond donors (Lipinski definition) is 1. The second-order valence-corrected chi connectivity index (χ2v) is 7.86. The molecule has 2 heterocycles. The summed E-state index contributed by atoms with van der Waals surface area (Å²) in [7, 11) is 0. The first kappa shape index (κ1) is 14.6. The number of rotatable bonds is 5. The Balaban J connectivity index is 1.54. The van der Waals surface area contributed by atoms with E-state index in [9.17, 15) is 0 Å². The average molecular weight is 272 g/mol. The summed E-state index contributed by atoms with van der Waals surface area (Å²) < 4.78 is 6.39. The smallest absolute Gasteiger partial charge is 0.0599 e. The van der Waals surface area contributed by atoms with Gasteiger partial charge >= 0.3 is 0 Å². The lowest BCUT2D eigenvalue weighted by Crippen LogP contribution is -2.43. The average Bonchev–Trinajstić information content (AvgIpc) is 2.35. The molecule has 106 valence electrons. The molecule has 1 N–H and O–H groups in total. The molecule has 0 amide bonds. The van der Waals surface area contributed by atoms with Gasteiger partial charge < -0.3 is 15.0 Å². The van der Waals surface area contributed by atoms with Gasteiger partial charge in [-0.25, -0.2) is 0 Å². The standard InChI is InChI=1S/C14H28N2OS/c1-14(2)12-16(9-11-18-14)8-3-10-17-13-4-6-15-7-5-13/h13,15H,3-12H2,1-2H3. The maximum atomic E-state index is 5.95. The monoisotopic (exact) mass is 272 g/mol. The van der Waals surface area contributed by atoms with Crippen molar-refractivity contribution >= 4 is 11.8 Å². The van der Waals surface area contributed by atoms with E-state index in [1.165, 1.54) is 44.6 Å². The fourth-order valence-corrected chi connectivity index (χ4v) is 3.98. The van der Waals surface area contributed by atoms with Crippen LogP contribution in [0.2, 0.25) is 0 Å². The number of thioether (sulfide) groups is 1. The van der Waals surface area contributed by atoms with E-state index in [1.54, 1.807) is 0 Å². The third-order valence-electron chi connectivity index (χ3n) is 3.76. The Morgan fingerprint density at radius 3 is 2.83 bits per heavy atom. The molecule has 2 saturated heterocycles. The zero-order valence-electron chi connectivity index (χ0n) is 11.9. The van der Waals surface area contributed by atoms with Gasteiger partial charge in [0, 0.05) is 36.7 Å². The van der Waals surface area contributed by atoms with E-state index in [1.807, 2.05) is 0 Å². The Labute approximate surface area is 116 Å². The molecule has 2 rings (SSSR count). The number of nitrogens with zero attached hydrogens (tertiary/aromatic N) is 1. The third-order valence-corrected chi connectivity index (χ3v) is 5.06. The van der Waals surface area contributed by atoms with Crippen LogP contribution in [0.1, 0.15) is 33.1 Å². The SMILES string of the molecule is CC1(C)CN(CCCOC2CCNCC2)CCS1. The lowest BCUT2D eigenvalue weighted by atomic mass is 10.1. The first-order valence-electron chi connectivity index (χ1n) is 7.34. The van der Waals surface area contributed by atoms with Crippen LogP contribution in [0.15, 0.2) is 0 Å². The van der Waals surface area contributed by atoms with Crippen LogP contribution in [-0.4, -0.2) is 60.8 Å². The van der Waals surface area contributed by atoms with Crippen molar-refractivity contribution in [3.05, 3.63) is 0 Å². The van der Waals surface area contributed by atoms with Crippen LogP contribution < -0.4 is 5.32 Å². The van der Waals surface area contributed by atoms with Crippen LogP contribution in [0.5, 0.6) is 0 Å². The molecular formula is C14H28N2OS. The zero-order valence-corrected chi connectivity index (χ0v) is 12.7. The minimum absolute atomic E-state index is 0.439. The van der Waals surface area contributed by atoms with Crippen molar-refractivity contribution in [3.63, 3.8) is 0 Å². The molecule has 0 radical (unpaired) electrons. The number of ether oxygens (including phenoxy) is 1. The van der Waals surface area contributed by atoms with E-state index in [-0.39, 0.29) is 0 Å². The van der Waals surface area contributed by atoms with Gasteiger partial charge in [0.05, 0.1) is 6.10 Å². The Morgan fingerprint density at radius 2 is 2.11 bits per heavy atom. The quantitative estimate of drug-likeness (QED) is 0.774. The second kappa shape index (κ2) is 7.13. The highest BCUT2D eigenvalue weighted by Gasteiger charge is 2.26. The van der Waals surface area contributed by atoms with Crippen molar-refractivity contribution in [2.24, 2.45) is 0 Å². The zero-order chi connectivity index (χ0) is 12.8. The van der Waals surface area contributed by atoms with Crippen molar-refractivity contribution in [1.82, 2.24) is 10.2 Å². The molecule has 0 unspecified atom stereocenters. The lowest BCUT2D eigenvalue weighted by Gasteiger charge is -2.37. The maximum absolute atomic E-state index is 5.95. The van der Waals surface area contributed by atoms with Gasteiger partial charge in [-0.3, -0.25) is 0 Å². The molecule has 0 bridgehead atoms. The van der Waals surface area contributed by atoms with Gasteiger partial charge in [0.25, 0.3) is 0 Å². The Kier molecular flexibility index (Phi) is 5.80. The highest BCUT2D eigenvalue weighted by molar-refractivity contribution is 8.00. The van der Waals surface area contributed by atoms with Crippen LogP contribution in [0, 0.1) is 0 Å². The van der Waals surface area contributed by atoms with Crippen LogP contribution in [0.3, 0.4) is 0 Å². The van der Waals surface area contributed by atoms with Crippen LogP contribution >= 0.6 is 11.8 Å². The van der Waals surface area contributed by atoms with Gasteiger partial charge in [0.1, 0.15) is 0 Å². The maximum Gasteiger partial charge on any atom is 0.0599 e. The summed E-state index contributed by atoms with van der Waals surface area (Å²) in [5.74, 6) is 1.28. The van der Waals surface area contributed by atoms with Crippen LogP contribution in [-0.2, 0) is 4.74 Å². The van der Waals surface area contributed by atoms with Gasteiger partial charge in [0.15, 0.2) is 0 Å². The molecule has 0 aromatic rings. The number of piperidine rings is 1. The summed E-state index contributed by atoms with van der Waals surface area (Å²) in [4.78, 5) is 2.60. The summed E-state index contributed by atoms with van der Waals surface area (Å²) in [6, 6.07) is 0. The van der Waals surface area contributed by atoms with Crippen molar-refractivity contribution in [3.8, 4) is 0 Å². The molecule has 0 spiro atoms. The summed E-state index contributed by atoms with van der Waals surface area (Å²) in [5.41, 5.74) is 0. The predicted octanol–water partition coefficient (Wildman–Crippen LogP) is 1.97. The Bertz CT molecular complexity index is 242. The van der Waals surface area contributed by atoms with Gasteiger partial charge in [-0.2, -0.15) is 11.8 Å². The largest absolute Gasteiger partial charge is 0.378 e. The molecule has 0 saturated carbocycles. The predicted molar refractivity (Wildman–Crippen MR) is 79.4 cm³/mol. The highest BCUT2D eigenvalue weighted by Crippen LogP contribution is 2.29. The van der Waals surface area contributed by atoms with Gasteiger partial charge in [0.2, 0.25) is 0 Å². The Hall–Kier alpha value is 0.230. The number of nitrogens with one attached hydrogen (secondary N) is 1. The molecule has 2 aliphatic heterocycles. The normalized spacial score (nSPS) is 26.3. The first-order valence-corrected chi connectivity index (χ1v) is 8.33. The van der Waals surface area contributed by atoms with E-state index in [4.69, 9.17) is 4.74 Å². The molecule has 0 aliphatic carbocycles. The fourth-order valence-electron chi connectivity index (χ4n) is 2.81. The topological polar surface area (TPSA) is 24.5 Å². The summed E-state index contributed by atoms with van der Waals surface area (Å²) in [6.07, 6.45) is 4.07. The molecular weight excluding hydrogens is 244 g/mol. The minimum atomic E-state index is 0.439. The first-order chi connectivity index (χ1) is 8.66. The molecule has 2 aliphatic rings. The molecule has 0 atom stereocenters. The van der Waals surface area contributed by atoms with Crippen LogP contribution in [0.25, 0.3) is 0 Å². The van der Waals surface area contributed by atoms with E-state index in [0.29, 0.717) is 10.9 Å². The molecule has 0 aromatic carbocycles. The van der Waals surface area contributed by atoms with Crippen LogP contribution in [0.4, 0.5) is 0 Å². The second-order valence-electron chi connectivity index (χ2n) is 6.06. The van der Waals surface area contributed by atoms with Gasteiger partial charge in [-0.15, -0.1) is 0 Å². The summed E-state index contributed by atoms with van der Waals surface area (Å²) in [6.45, 7) is 11.6. The van der Waals surface area contributed by atoms with E-state index >= 15 is 0 Å². The molecule has 0 aromatic heterocycles. The summed E-state index contributed by atoms with van der Waals surface area (Å²) in [5, 5.41) is 3.38. The Morgan fingerprint density at radius 1 is 1.33 bits per heavy atom. The van der Waals surface area contributed by atoms with Gasteiger partial charge in [-0.05, 0) is 46.2 Å². The van der Waals surface area contributed by atoms with E-state index < -0.39 is 0 Å². The van der Waals surface area contributed by atoms with E-state index in [2.05, 4.69) is 35.8 Å². The van der Waals surface area contributed by atoms with E-state index in [0.717, 1.165) is 19.7 Å². The van der Waals surface area contributed by atoms with Crippen molar-refractivity contribution in [2.45, 2.75) is 44.0 Å². The molecule has 18 heavy (non-hydrogen) atoms. The molecule has 4 heteroatoms. The van der Waals surface area contributed by atoms with Crippen molar-refractivity contribution in [1.29, 1.82) is 0 Å². The molecule has 3 nitrogen and oxygen atoms in total. The fraction of sp³-hybridized carbons (Fsp3) is 1.00. The summed E-state index contributed by atoms with van der Waals surface area (Å²) >= 11 is 2.11. The number of hydrogen-bond acceptors (Lipinski definition) is 4. The highest BCUT2D eigenvalue weighted by atomic mass is 32.2. The van der Waals surface area contributed by atoms with Gasteiger partial charge in [-0.1, -0.05) is 0 Å². The van der Waals surface area contributed by atoms with Crippen molar-refractivity contribution < 1.29 is 4.74 Å². The third kappa shape index (κ3) is 5.08.